The van der Waals surface area contributed by atoms with Crippen molar-refractivity contribution in [1.29, 1.82) is 0 Å². The summed E-state index contributed by atoms with van der Waals surface area (Å²) >= 11 is 0. The van der Waals surface area contributed by atoms with Gasteiger partial charge in [0.15, 0.2) is 0 Å². The van der Waals surface area contributed by atoms with Crippen molar-refractivity contribution in [3.63, 3.8) is 0 Å². The zero-order valence-electron chi connectivity index (χ0n) is 12.5. The summed E-state index contributed by atoms with van der Waals surface area (Å²) in [5.41, 5.74) is 9.62. The highest BCUT2D eigenvalue weighted by atomic mass is 16.2. The molecule has 0 aromatic heterocycles. The molecule has 22 heavy (non-hydrogen) atoms. The number of fused-ring (bicyclic) bond motifs is 1. The highest BCUT2D eigenvalue weighted by molar-refractivity contribution is 5.82. The van der Waals surface area contributed by atoms with Gasteiger partial charge in [0.05, 0.1) is 6.04 Å². The fourth-order valence-corrected chi connectivity index (χ4v) is 2.74. The van der Waals surface area contributed by atoms with Crippen LogP contribution in [0.5, 0.6) is 0 Å². The molecule has 3 heteroatoms. The fraction of sp³-hybridized carbons (Fsp3) is 0.211. The second-order valence-electron chi connectivity index (χ2n) is 5.62. The van der Waals surface area contributed by atoms with Crippen molar-refractivity contribution in [2.45, 2.75) is 25.6 Å². The van der Waals surface area contributed by atoms with Gasteiger partial charge in [-0.05, 0) is 23.1 Å². The summed E-state index contributed by atoms with van der Waals surface area (Å²) in [6.07, 6.45) is 4.54. The minimum absolute atomic E-state index is 0.0221. The van der Waals surface area contributed by atoms with E-state index in [-0.39, 0.29) is 5.91 Å². The molecule has 3 rings (SSSR count). The second kappa shape index (κ2) is 6.58. The molecule has 1 amide bonds. The third kappa shape index (κ3) is 3.26. The van der Waals surface area contributed by atoms with Crippen LogP contribution in [0.4, 0.5) is 0 Å². The smallest absolute Gasteiger partial charge is 0.240 e. The first-order chi connectivity index (χ1) is 10.7. The van der Waals surface area contributed by atoms with Crippen LogP contribution in [-0.2, 0) is 17.9 Å². The Balaban J connectivity index is 1.56. The standard InChI is InChI=1S/C19H20N2O/c20-18(12-6-9-15-7-2-1-3-8-15)19(22)21-13-16-10-4-5-11-17(16)14-21/h1-11,18H,12-14,20H2/t18-/m1/s1. The minimum Gasteiger partial charge on any atom is -0.333 e. The Kier molecular flexibility index (Phi) is 4.35. The van der Waals surface area contributed by atoms with Gasteiger partial charge in [-0.2, -0.15) is 0 Å². The summed E-state index contributed by atoms with van der Waals surface area (Å²) in [6, 6.07) is 17.7. The molecule has 0 aliphatic carbocycles. The molecular formula is C19H20N2O. The lowest BCUT2D eigenvalue weighted by Crippen LogP contribution is -2.40. The third-order valence-electron chi connectivity index (χ3n) is 3.97. The molecule has 1 atom stereocenters. The van der Waals surface area contributed by atoms with Gasteiger partial charge in [0.25, 0.3) is 0 Å². The lowest BCUT2D eigenvalue weighted by Gasteiger charge is -2.19. The van der Waals surface area contributed by atoms with Crippen LogP contribution in [0.1, 0.15) is 23.1 Å². The maximum absolute atomic E-state index is 12.4. The van der Waals surface area contributed by atoms with Crippen LogP contribution in [-0.4, -0.2) is 16.8 Å². The van der Waals surface area contributed by atoms with E-state index in [0.29, 0.717) is 19.5 Å². The van der Waals surface area contributed by atoms with Gasteiger partial charge < -0.3 is 10.6 Å². The van der Waals surface area contributed by atoms with E-state index in [2.05, 4.69) is 12.1 Å². The SMILES string of the molecule is N[C@H](CC=Cc1ccccc1)C(=O)N1Cc2ccccc2C1. The number of nitrogens with zero attached hydrogens (tertiary/aromatic N) is 1. The summed E-state index contributed by atoms with van der Waals surface area (Å²) in [4.78, 5) is 14.3. The Morgan fingerprint density at radius 3 is 2.27 bits per heavy atom. The van der Waals surface area contributed by atoms with E-state index in [9.17, 15) is 4.79 Å². The molecule has 2 aromatic carbocycles. The molecule has 0 radical (unpaired) electrons. The first-order valence-electron chi connectivity index (χ1n) is 7.57. The molecular weight excluding hydrogens is 272 g/mol. The number of hydrogen-bond acceptors (Lipinski definition) is 2. The predicted octanol–water partition coefficient (Wildman–Crippen LogP) is 2.96. The normalized spacial score (nSPS) is 15.0. The van der Waals surface area contributed by atoms with Gasteiger partial charge in [0, 0.05) is 13.1 Å². The maximum Gasteiger partial charge on any atom is 0.240 e. The van der Waals surface area contributed by atoms with Gasteiger partial charge in [-0.1, -0.05) is 66.7 Å². The quantitative estimate of drug-likeness (QED) is 0.941. The molecule has 1 heterocycles. The average molecular weight is 292 g/mol. The molecule has 0 unspecified atom stereocenters. The van der Waals surface area contributed by atoms with Crippen LogP contribution in [0.25, 0.3) is 6.08 Å². The van der Waals surface area contributed by atoms with E-state index in [1.165, 1.54) is 11.1 Å². The van der Waals surface area contributed by atoms with Gasteiger partial charge >= 0.3 is 0 Å². The number of benzene rings is 2. The Bertz CT molecular complexity index is 654. The molecule has 112 valence electrons. The summed E-state index contributed by atoms with van der Waals surface area (Å²) in [7, 11) is 0. The van der Waals surface area contributed by atoms with Gasteiger partial charge in [0.2, 0.25) is 5.91 Å². The van der Waals surface area contributed by atoms with Crippen LogP contribution in [0.15, 0.2) is 60.7 Å². The van der Waals surface area contributed by atoms with Gasteiger partial charge in [-0.25, -0.2) is 0 Å². The lowest BCUT2D eigenvalue weighted by molar-refractivity contribution is -0.133. The molecule has 3 nitrogen and oxygen atoms in total. The van der Waals surface area contributed by atoms with Crippen LogP contribution in [0.3, 0.4) is 0 Å². The van der Waals surface area contributed by atoms with Gasteiger partial charge in [0.1, 0.15) is 0 Å². The Morgan fingerprint density at radius 2 is 1.64 bits per heavy atom. The largest absolute Gasteiger partial charge is 0.333 e. The lowest BCUT2D eigenvalue weighted by atomic mass is 10.1. The molecule has 1 aliphatic heterocycles. The van der Waals surface area contributed by atoms with Crippen LogP contribution in [0.2, 0.25) is 0 Å². The number of hydrogen-bond donors (Lipinski definition) is 1. The summed E-state index contributed by atoms with van der Waals surface area (Å²) in [5.74, 6) is 0.0221. The van der Waals surface area contributed by atoms with Crippen molar-refractivity contribution in [3.05, 3.63) is 77.4 Å². The Hall–Kier alpha value is -2.39. The number of amides is 1. The van der Waals surface area contributed by atoms with E-state index >= 15 is 0 Å². The van der Waals surface area contributed by atoms with E-state index in [0.717, 1.165) is 5.56 Å². The number of rotatable bonds is 4. The number of carbonyl (C=O) groups excluding carboxylic acids is 1. The van der Waals surface area contributed by atoms with Crippen molar-refractivity contribution in [2.75, 3.05) is 0 Å². The van der Waals surface area contributed by atoms with Crippen molar-refractivity contribution >= 4 is 12.0 Å². The van der Waals surface area contributed by atoms with E-state index in [1.54, 1.807) is 0 Å². The highest BCUT2D eigenvalue weighted by Gasteiger charge is 2.26. The topological polar surface area (TPSA) is 46.3 Å². The van der Waals surface area contributed by atoms with Crippen molar-refractivity contribution in [2.24, 2.45) is 5.73 Å². The molecule has 2 N–H and O–H groups in total. The van der Waals surface area contributed by atoms with Crippen LogP contribution < -0.4 is 5.73 Å². The summed E-state index contributed by atoms with van der Waals surface area (Å²) < 4.78 is 0. The van der Waals surface area contributed by atoms with Crippen molar-refractivity contribution in [3.8, 4) is 0 Å². The van der Waals surface area contributed by atoms with E-state index in [1.807, 2.05) is 59.5 Å². The average Bonchev–Trinajstić information content (AvgIpc) is 2.99. The number of carbonyl (C=O) groups is 1. The number of nitrogens with two attached hydrogens (primary N) is 1. The van der Waals surface area contributed by atoms with Crippen molar-refractivity contribution < 1.29 is 4.79 Å². The Morgan fingerprint density at radius 1 is 1.05 bits per heavy atom. The van der Waals surface area contributed by atoms with E-state index in [4.69, 9.17) is 5.73 Å². The molecule has 0 bridgehead atoms. The van der Waals surface area contributed by atoms with Gasteiger partial charge in [-0.3, -0.25) is 4.79 Å². The van der Waals surface area contributed by atoms with Crippen LogP contribution >= 0.6 is 0 Å². The molecule has 0 fully saturated rings. The Labute approximate surface area is 131 Å². The second-order valence-corrected chi connectivity index (χ2v) is 5.62. The summed E-state index contributed by atoms with van der Waals surface area (Å²) in [6.45, 7) is 1.34. The van der Waals surface area contributed by atoms with Crippen molar-refractivity contribution in [1.82, 2.24) is 4.90 Å². The predicted molar refractivity (Wildman–Crippen MR) is 88.8 cm³/mol. The first-order valence-corrected chi connectivity index (χ1v) is 7.57. The highest BCUT2D eigenvalue weighted by Crippen LogP contribution is 2.22. The molecule has 1 aliphatic rings. The van der Waals surface area contributed by atoms with Crippen LogP contribution in [0, 0.1) is 0 Å². The molecule has 0 saturated carbocycles. The monoisotopic (exact) mass is 292 g/mol. The minimum atomic E-state index is -0.478. The van der Waals surface area contributed by atoms with Gasteiger partial charge in [-0.15, -0.1) is 0 Å². The maximum atomic E-state index is 12.4. The first kappa shape index (κ1) is 14.5. The molecule has 0 saturated heterocycles. The molecule has 0 spiro atoms. The fourth-order valence-electron chi connectivity index (χ4n) is 2.74. The third-order valence-corrected chi connectivity index (χ3v) is 3.97. The zero-order valence-corrected chi connectivity index (χ0v) is 12.5. The summed E-state index contributed by atoms with van der Waals surface area (Å²) in [5, 5.41) is 0. The zero-order chi connectivity index (χ0) is 15.4. The molecule has 2 aromatic rings. The van der Waals surface area contributed by atoms with E-state index < -0.39 is 6.04 Å².